The van der Waals surface area contributed by atoms with Gasteiger partial charge in [-0.05, 0) is 23.6 Å². The van der Waals surface area contributed by atoms with E-state index in [1.54, 1.807) is 12.1 Å². The lowest BCUT2D eigenvalue weighted by Gasteiger charge is -1.98. The van der Waals surface area contributed by atoms with Crippen LogP contribution in [-0.4, -0.2) is 5.78 Å². The van der Waals surface area contributed by atoms with Crippen molar-refractivity contribution in [1.82, 2.24) is 0 Å². The lowest BCUT2D eigenvalue weighted by Crippen LogP contribution is -2.02. The molecule has 0 saturated carbocycles. The van der Waals surface area contributed by atoms with E-state index in [1.165, 1.54) is 23.5 Å². The van der Waals surface area contributed by atoms with Crippen LogP contribution in [0.15, 0.2) is 41.8 Å². The van der Waals surface area contributed by atoms with E-state index >= 15 is 0 Å². The monoisotopic (exact) mass is 220 g/mol. The number of rotatable bonds is 3. The summed E-state index contributed by atoms with van der Waals surface area (Å²) in [5, 5.41) is 1.92. The molecule has 1 aromatic carbocycles. The fraction of sp³-hybridized carbons (Fsp3) is 0.0833. The van der Waals surface area contributed by atoms with Crippen LogP contribution in [-0.2, 0) is 6.42 Å². The summed E-state index contributed by atoms with van der Waals surface area (Å²) in [6.07, 6.45) is 0.348. The SMILES string of the molecule is O=C(Cc1cccs1)c1cccc(F)c1. The Labute approximate surface area is 91.2 Å². The molecule has 0 aliphatic carbocycles. The van der Waals surface area contributed by atoms with Crippen molar-refractivity contribution in [2.75, 3.05) is 0 Å². The first-order chi connectivity index (χ1) is 7.25. The predicted molar refractivity (Wildman–Crippen MR) is 58.8 cm³/mol. The Hall–Kier alpha value is -1.48. The first kappa shape index (κ1) is 10.1. The van der Waals surface area contributed by atoms with Gasteiger partial charge in [0, 0.05) is 16.9 Å². The molecular weight excluding hydrogens is 211 g/mol. The highest BCUT2D eigenvalue weighted by molar-refractivity contribution is 7.10. The number of hydrogen-bond acceptors (Lipinski definition) is 2. The van der Waals surface area contributed by atoms with E-state index in [-0.39, 0.29) is 11.6 Å². The predicted octanol–water partition coefficient (Wildman–Crippen LogP) is 3.31. The smallest absolute Gasteiger partial charge is 0.168 e. The van der Waals surface area contributed by atoms with Crippen LogP contribution in [0.25, 0.3) is 0 Å². The van der Waals surface area contributed by atoms with Gasteiger partial charge in [-0.15, -0.1) is 11.3 Å². The summed E-state index contributed by atoms with van der Waals surface area (Å²) in [7, 11) is 0. The lowest BCUT2D eigenvalue weighted by molar-refractivity contribution is 0.0993. The molecular formula is C12H9FOS. The van der Waals surface area contributed by atoms with Gasteiger partial charge >= 0.3 is 0 Å². The molecule has 0 radical (unpaired) electrons. The minimum atomic E-state index is -0.368. The summed E-state index contributed by atoms with van der Waals surface area (Å²) < 4.78 is 12.9. The average molecular weight is 220 g/mol. The molecule has 0 aliphatic heterocycles. The first-order valence-electron chi connectivity index (χ1n) is 4.57. The third-order valence-electron chi connectivity index (χ3n) is 2.06. The van der Waals surface area contributed by atoms with Crippen molar-refractivity contribution in [3.05, 3.63) is 58.0 Å². The third-order valence-corrected chi connectivity index (χ3v) is 2.94. The van der Waals surface area contributed by atoms with Gasteiger partial charge in [0.1, 0.15) is 5.82 Å². The topological polar surface area (TPSA) is 17.1 Å². The van der Waals surface area contributed by atoms with Crippen LogP contribution in [0.1, 0.15) is 15.2 Å². The Balaban J connectivity index is 2.15. The summed E-state index contributed by atoms with van der Waals surface area (Å²) >= 11 is 1.54. The number of benzene rings is 1. The van der Waals surface area contributed by atoms with Gasteiger partial charge in [0.2, 0.25) is 0 Å². The van der Waals surface area contributed by atoms with Crippen LogP contribution >= 0.6 is 11.3 Å². The normalized spacial score (nSPS) is 10.2. The van der Waals surface area contributed by atoms with Gasteiger partial charge in [-0.3, -0.25) is 4.79 Å². The van der Waals surface area contributed by atoms with Crippen molar-refractivity contribution in [2.24, 2.45) is 0 Å². The highest BCUT2D eigenvalue weighted by atomic mass is 32.1. The molecule has 3 heteroatoms. The molecule has 2 rings (SSSR count). The number of hydrogen-bond donors (Lipinski definition) is 0. The molecule has 2 aromatic rings. The second-order valence-electron chi connectivity index (χ2n) is 3.19. The maximum Gasteiger partial charge on any atom is 0.168 e. The standard InChI is InChI=1S/C12H9FOS/c13-10-4-1-3-9(7-10)12(14)8-11-5-2-6-15-11/h1-7H,8H2. The highest BCUT2D eigenvalue weighted by Gasteiger charge is 2.07. The molecule has 0 aliphatic rings. The molecule has 0 atom stereocenters. The van der Waals surface area contributed by atoms with Crippen LogP contribution in [0.5, 0.6) is 0 Å². The zero-order valence-corrected chi connectivity index (χ0v) is 8.76. The van der Waals surface area contributed by atoms with Gasteiger partial charge < -0.3 is 0 Å². The fourth-order valence-electron chi connectivity index (χ4n) is 1.34. The average Bonchev–Trinajstić information content (AvgIpc) is 2.70. The molecule has 0 amide bonds. The third kappa shape index (κ3) is 2.50. The second-order valence-corrected chi connectivity index (χ2v) is 4.22. The maximum atomic E-state index is 12.9. The molecule has 76 valence electrons. The quantitative estimate of drug-likeness (QED) is 0.725. The molecule has 1 nitrogen and oxygen atoms in total. The summed E-state index contributed by atoms with van der Waals surface area (Å²) in [4.78, 5) is 12.7. The summed E-state index contributed by atoms with van der Waals surface area (Å²) in [6.45, 7) is 0. The Morgan fingerprint density at radius 1 is 1.27 bits per heavy atom. The van der Waals surface area contributed by atoms with Crippen LogP contribution in [0.4, 0.5) is 4.39 Å². The molecule has 0 saturated heterocycles. The van der Waals surface area contributed by atoms with E-state index in [0.29, 0.717) is 12.0 Å². The van der Waals surface area contributed by atoms with Gasteiger partial charge in [0.05, 0.1) is 0 Å². The van der Waals surface area contributed by atoms with Crippen LogP contribution in [0.3, 0.4) is 0 Å². The summed E-state index contributed by atoms with van der Waals surface area (Å²) in [6, 6.07) is 9.61. The number of Topliss-reactive ketones (excluding diaryl/α,β-unsaturated/α-hetero) is 1. The van der Waals surface area contributed by atoms with Gasteiger partial charge in [-0.1, -0.05) is 18.2 Å². The first-order valence-corrected chi connectivity index (χ1v) is 5.45. The fourth-order valence-corrected chi connectivity index (χ4v) is 2.04. The van der Waals surface area contributed by atoms with Gasteiger partial charge in [-0.25, -0.2) is 4.39 Å². The molecule has 0 fully saturated rings. The Bertz CT molecular complexity index is 462. The van der Waals surface area contributed by atoms with Crippen LogP contribution in [0, 0.1) is 5.82 Å². The van der Waals surface area contributed by atoms with Crippen molar-refractivity contribution in [3.63, 3.8) is 0 Å². The Morgan fingerprint density at radius 2 is 2.13 bits per heavy atom. The summed E-state index contributed by atoms with van der Waals surface area (Å²) in [5.74, 6) is -0.413. The van der Waals surface area contributed by atoms with Crippen molar-refractivity contribution in [1.29, 1.82) is 0 Å². The maximum absolute atomic E-state index is 12.9. The zero-order valence-electron chi connectivity index (χ0n) is 7.94. The molecule has 1 aromatic heterocycles. The van der Waals surface area contributed by atoms with Crippen molar-refractivity contribution in [2.45, 2.75) is 6.42 Å². The van der Waals surface area contributed by atoms with Crippen molar-refractivity contribution >= 4 is 17.1 Å². The zero-order chi connectivity index (χ0) is 10.7. The van der Waals surface area contributed by atoms with E-state index in [2.05, 4.69) is 0 Å². The Kier molecular flexibility index (Phi) is 2.92. The van der Waals surface area contributed by atoms with E-state index in [1.807, 2.05) is 17.5 Å². The van der Waals surface area contributed by atoms with Crippen molar-refractivity contribution < 1.29 is 9.18 Å². The number of carbonyl (C=O) groups is 1. The molecule has 0 bridgehead atoms. The number of thiophene rings is 1. The van der Waals surface area contributed by atoms with E-state index in [9.17, 15) is 9.18 Å². The van der Waals surface area contributed by atoms with Gasteiger partial charge in [0.15, 0.2) is 5.78 Å². The highest BCUT2D eigenvalue weighted by Crippen LogP contribution is 2.13. The van der Waals surface area contributed by atoms with Crippen LogP contribution < -0.4 is 0 Å². The number of halogens is 1. The lowest BCUT2D eigenvalue weighted by atomic mass is 10.1. The molecule has 15 heavy (non-hydrogen) atoms. The summed E-state index contributed by atoms with van der Waals surface area (Å²) in [5.41, 5.74) is 0.434. The second kappa shape index (κ2) is 4.36. The minimum Gasteiger partial charge on any atom is -0.294 e. The van der Waals surface area contributed by atoms with Gasteiger partial charge in [-0.2, -0.15) is 0 Å². The van der Waals surface area contributed by atoms with E-state index in [4.69, 9.17) is 0 Å². The van der Waals surface area contributed by atoms with E-state index in [0.717, 1.165) is 4.88 Å². The van der Waals surface area contributed by atoms with Gasteiger partial charge in [0.25, 0.3) is 0 Å². The number of carbonyl (C=O) groups excluding carboxylic acids is 1. The molecule has 1 heterocycles. The minimum absolute atomic E-state index is 0.0445. The molecule has 0 unspecified atom stereocenters. The Morgan fingerprint density at radius 3 is 2.80 bits per heavy atom. The molecule has 0 spiro atoms. The number of ketones is 1. The van der Waals surface area contributed by atoms with Crippen LogP contribution in [0.2, 0.25) is 0 Å². The van der Waals surface area contributed by atoms with E-state index < -0.39 is 0 Å². The largest absolute Gasteiger partial charge is 0.294 e. The van der Waals surface area contributed by atoms with Crippen molar-refractivity contribution in [3.8, 4) is 0 Å². The molecule has 0 N–H and O–H groups in total.